The first-order chi connectivity index (χ1) is 7.42. The number of aliphatic hydroxyl groups is 1. The maximum Gasteiger partial charge on any atom is 0.118 e. The lowest BCUT2D eigenvalue weighted by Crippen LogP contribution is -2.12. The summed E-state index contributed by atoms with van der Waals surface area (Å²) in [7, 11) is 1.64. The van der Waals surface area contributed by atoms with Crippen molar-refractivity contribution in [2.45, 2.75) is 31.6 Å². The topological polar surface area (TPSA) is 29.5 Å². The molecular formula is C13H20O2S. The fourth-order valence-electron chi connectivity index (χ4n) is 1.25. The van der Waals surface area contributed by atoms with Gasteiger partial charge in [-0.25, -0.2) is 0 Å². The maximum absolute atomic E-state index is 9.99. The third-order valence-corrected chi connectivity index (χ3v) is 3.52. The van der Waals surface area contributed by atoms with Crippen molar-refractivity contribution >= 4 is 11.8 Å². The van der Waals surface area contributed by atoms with Gasteiger partial charge in [0.05, 0.1) is 13.2 Å². The molecule has 0 bridgehead atoms. The maximum atomic E-state index is 9.99. The van der Waals surface area contributed by atoms with Crippen LogP contribution in [0.15, 0.2) is 24.3 Å². The van der Waals surface area contributed by atoms with E-state index in [4.69, 9.17) is 4.74 Å². The molecule has 1 rings (SSSR count). The average molecular weight is 240 g/mol. The van der Waals surface area contributed by atoms with Gasteiger partial charge in [-0.05, 0) is 17.7 Å². The highest BCUT2D eigenvalue weighted by Crippen LogP contribution is 2.28. The van der Waals surface area contributed by atoms with Gasteiger partial charge in [-0.1, -0.05) is 32.9 Å². The first kappa shape index (κ1) is 13.4. The fourth-order valence-corrected chi connectivity index (χ4v) is 2.10. The van der Waals surface area contributed by atoms with Crippen LogP contribution in [-0.2, 0) is 0 Å². The molecule has 0 radical (unpaired) electrons. The lowest BCUT2D eigenvalue weighted by molar-refractivity contribution is 0.203. The van der Waals surface area contributed by atoms with Gasteiger partial charge in [0.15, 0.2) is 0 Å². The Labute approximate surface area is 102 Å². The smallest absolute Gasteiger partial charge is 0.118 e. The molecule has 2 nitrogen and oxygen atoms in total. The van der Waals surface area contributed by atoms with E-state index in [-0.39, 0.29) is 4.75 Å². The molecule has 0 saturated carbocycles. The Morgan fingerprint density at radius 3 is 2.25 bits per heavy atom. The molecular weight excluding hydrogens is 220 g/mol. The van der Waals surface area contributed by atoms with Gasteiger partial charge in [0.25, 0.3) is 0 Å². The summed E-state index contributed by atoms with van der Waals surface area (Å²) >= 11 is 1.77. The van der Waals surface area contributed by atoms with Gasteiger partial charge >= 0.3 is 0 Å². The minimum atomic E-state index is -0.407. The summed E-state index contributed by atoms with van der Waals surface area (Å²) < 4.78 is 5.26. The molecule has 0 aliphatic carbocycles. The van der Waals surface area contributed by atoms with Crippen molar-refractivity contribution in [3.63, 3.8) is 0 Å². The Bertz CT molecular complexity index is 314. The molecule has 0 aliphatic heterocycles. The number of hydrogen-bond donors (Lipinski definition) is 1. The van der Waals surface area contributed by atoms with E-state index in [9.17, 15) is 5.11 Å². The van der Waals surface area contributed by atoms with E-state index in [0.29, 0.717) is 0 Å². The zero-order valence-corrected chi connectivity index (χ0v) is 11.2. The van der Waals surface area contributed by atoms with Gasteiger partial charge in [-0.15, -0.1) is 0 Å². The normalized spacial score (nSPS) is 13.6. The minimum Gasteiger partial charge on any atom is -0.497 e. The van der Waals surface area contributed by atoms with Gasteiger partial charge in [0.1, 0.15) is 5.75 Å². The summed E-state index contributed by atoms with van der Waals surface area (Å²) in [5.41, 5.74) is 0.942. The Morgan fingerprint density at radius 2 is 1.81 bits per heavy atom. The van der Waals surface area contributed by atoms with Gasteiger partial charge in [0.2, 0.25) is 0 Å². The number of aliphatic hydroxyl groups excluding tert-OH is 1. The summed E-state index contributed by atoms with van der Waals surface area (Å²) in [5.74, 6) is 1.54. The van der Waals surface area contributed by atoms with Crippen molar-refractivity contribution in [2.75, 3.05) is 12.9 Å². The van der Waals surface area contributed by atoms with E-state index >= 15 is 0 Å². The predicted octanol–water partition coefficient (Wildman–Crippen LogP) is 3.26. The van der Waals surface area contributed by atoms with Gasteiger partial charge in [-0.2, -0.15) is 11.8 Å². The van der Waals surface area contributed by atoms with Gasteiger partial charge < -0.3 is 9.84 Å². The minimum absolute atomic E-state index is 0.188. The zero-order chi connectivity index (χ0) is 12.2. The lowest BCUT2D eigenvalue weighted by atomic mass is 10.1. The standard InChI is InChI=1S/C13H20O2S/c1-13(2,3)16-9-12(14)10-5-7-11(15-4)8-6-10/h5-8,12,14H,9H2,1-4H3. The molecule has 0 amide bonds. The van der Waals surface area contributed by atoms with Crippen LogP contribution >= 0.6 is 11.8 Å². The largest absolute Gasteiger partial charge is 0.497 e. The van der Waals surface area contributed by atoms with Crippen molar-refractivity contribution in [1.29, 1.82) is 0 Å². The Balaban J connectivity index is 2.56. The number of rotatable bonds is 4. The second-order valence-corrected chi connectivity index (χ2v) is 6.56. The van der Waals surface area contributed by atoms with Gasteiger partial charge in [0, 0.05) is 10.5 Å². The van der Waals surface area contributed by atoms with Crippen LogP contribution in [0.5, 0.6) is 5.75 Å². The van der Waals surface area contributed by atoms with Crippen molar-refractivity contribution < 1.29 is 9.84 Å². The number of ether oxygens (including phenoxy) is 1. The molecule has 1 atom stereocenters. The highest BCUT2D eigenvalue weighted by Gasteiger charge is 2.15. The van der Waals surface area contributed by atoms with Crippen molar-refractivity contribution in [3.8, 4) is 5.75 Å². The molecule has 1 unspecified atom stereocenters. The third-order valence-electron chi connectivity index (χ3n) is 2.17. The zero-order valence-electron chi connectivity index (χ0n) is 10.4. The number of thioether (sulfide) groups is 1. The Hall–Kier alpha value is -0.670. The molecule has 0 aliphatic rings. The number of benzene rings is 1. The van der Waals surface area contributed by atoms with Crippen LogP contribution in [0.3, 0.4) is 0 Å². The van der Waals surface area contributed by atoms with Crippen molar-refractivity contribution in [3.05, 3.63) is 29.8 Å². The first-order valence-corrected chi connectivity index (χ1v) is 6.37. The fraction of sp³-hybridized carbons (Fsp3) is 0.538. The van der Waals surface area contributed by atoms with Crippen LogP contribution in [0.25, 0.3) is 0 Å². The van der Waals surface area contributed by atoms with Crippen LogP contribution in [0.4, 0.5) is 0 Å². The highest BCUT2D eigenvalue weighted by molar-refractivity contribution is 8.00. The molecule has 3 heteroatoms. The SMILES string of the molecule is COc1ccc(C(O)CSC(C)(C)C)cc1. The van der Waals surface area contributed by atoms with Crippen molar-refractivity contribution in [1.82, 2.24) is 0 Å². The predicted molar refractivity (Wildman–Crippen MR) is 70.2 cm³/mol. The summed E-state index contributed by atoms with van der Waals surface area (Å²) in [5, 5.41) is 9.99. The Morgan fingerprint density at radius 1 is 1.25 bits per heavy atom. The second-order valence-electron chi connectivity index (χ2n) is 4.71. The molecule has 1 N–H and O–H groups in total. The number of hydrogen-bond acceptors (Lipinski definition) is 3. The highest BCUT2D eigenvalue weighted by atomic mass is 32.2. The van der Waals surface area contributed by atoms with E-state index in [2.05, 4.69) is 20.8 Å². The van der Waals surface area contributed by atoms with Crippen LogP contribution in [0.2, 0.25) is 0 Å². The summed E-state index contributed by atoms with van der Waals surface area (Å²) in [6, 6.07) is 7.57. The molecule has 1 aromatic rings. The molecule has 0 aromatic heterocycles. The molecule has 16 heavy (non-hydrogen) atoms. The monoisotopic (exact) mass is 240 g/mol. The quantitative estimate of drug-likeness (QED) is 0.876. The van der Waals surface area contributed by atoms with E-state index in [0.717, 1.165) is 17.1 Å². The molecule has 1 aromatic carbocycles. The van der Waals surface area contributed by atoms with E-state index in [1.165, 1.54) is 0 Å². The lowest BCUT2D eigenvalue weighted by Gasteiger charge is -2.20. The van der Waals surface area contributed by atoms with E-state index in [1.807, 2.05) is 24.3 Å². The molecule has 0 saturated heterocycles. The first-order valence-electron chi connectivity index (χ1n) is 5.38. The van der Waals surface area contributed by atoms with Gasteiger partial charge in [-0.3, -0.25) is 0 Å². The summed E-state index contributed by atoms with van der Waals surface area (Å²) in [6.45, 7) is 6.45. The van der Waals surface area contributed by atoms with E-state index < -0.39 is 6.10 Å². The van der Waals surface area contributed by atoms with Crippen LogP contribution in [0.1, 0.15) is 32.4 Å². The Kier molecular flexibility index (Phi) is 4.69. The molecule has 0 heterocycles. The van der Waals surface area contributed by atoms with Crippen LogP contribution in [-0.4, -0.2) is 22.7 Å². The molecule has 90 valence electrons. The number of methoxy groups -OCH3 is 1. The van der Waals surface area contributed by atoms with Crippen LogP contribution < -0.4 is 4.74 Å². The summed E-state index contributed by atoms with van der Waals surface area (Å²) in [6.07, 6.45) is -0.407. The molecule has 0 fully saturated rings. The average Bonchev–Trinajstić information content (AvgIpc) is 2.25. The van der Waals surface area contributed by atoms with Crippen molar-refractivity contribution in [2.24, 2.45) is 0 Å². The third kappa shape index (κ3) is 4.45. The second kappa shape index (κ2) is 5.60. The summed E-state index contributed by atoms with van der Waals surface area (Å²) in [4.78, 5) is 0. The van der Waals surface area contributed by atoms with E-state index in [1.54, 1.807) is 18.9 Å². The van der Waals surface area contributed by atoms with Crippen LogP contribution in [0, 0.1) is 0 Å². The molecule has 0 spiro atoms.